The fraction of sp³-hybridized carbons (Fsp3) is 0.297. The van der Waals surface area contributed by atoms with Crippen LogP contribution >= 0.6 is 0 Å². The Hall–Kier alpha value is -5.06. The molecule has 10 heteroatoms. The van der Waals surface area contributed by atoms with Gasteiger partial charge in [0.2, 0.25) is 0 Å². The van der Waals surface area contributed by atoms with Crippen molar-refractivity contribution in [3.05, 3.63) is 70.8 Å². The summed E-state index contributed by atoms with van der Waals surface area (Å²) >= 11 is 0. The molecule has 47 heavy (non-hydrogen) atoms. The second-order valence-electron chi connectivity index (χ2n) is 12.3. The van der Waals surface area contributed by atoms with Crippen molar-refractivity contribution in [2.24, 2.45) is 0 Å². The van der Waals surface area contributed by atoms with Crippen LogP contribution in [0.2, 0.25) is 0 Å². The Balaban J connectivity index is 1.14. The van der Waals surface area contributed by atoms with Gasteiger partial charge in [-0.2, -0.15) is 0 Å². The fourth-order valence-electron chi connectivity index (χ4n) is 7.88. The molecule has 0 fully saturated rings. The molecule has 0 amide bonds. The zero-order chi connectivity index (χ0) is 31.2. The van der Waals surface area contributed by atoms with Crippen molar-refractivity contribution in [2.45, 2.75) is 40.2 Å². The van der Waals surface area contributed by atoms with Gasteiger partial charge < -0.3 is 38.2 Å². The van der Waals surface area contributed by atoms with Gasteiger partial charge in [-0.3, -0.25) is 0 Å². The Morgan fingerprint density at radius 2 is 1.11 bits per heavy atom. The highest BCUT2D eigenvalue weighted by molar-refractivity contribution is 6.07. The van der Waals surface area contributed by atoms with Gasteiger partial charge in [-0.15, -0.1) is 0 Å². The van der Waals surface area contributed by atoms with Crippen LogP contribution in [-0.4, -0.2) is 43.4 Å². The highest BCUT2D eigenvalue weighted by Gasteiger charge is 2.34. The minimum absolute atomic E-state index is 0.179. The van der Waals surface area contributed by atoms with E-state index in [1.165, 1.54) is 22.5 Å². The van der Waals surface area contributed by atoms with Gasteiger partial charge in [0, 0.05) is 57.5 Å². The summed E-state index contributed by atoms with van der Waals surface area (Å²) in [5, 5.41) is 3.92. The van der Waals surface area contributed by atoms with E-state index in [4.69, 9.17) is 38.4 Å². The third-order valence-corrected chi connectivity index (χ3v) is 9.81. The molecule has 4 aliphatic heterocycles. The molecule has 2 aromatic heterocycles. The van der Waals surface area contributed by atoms with Crippen molar-refractivity contribution in [1.82, 2.24) is 9.97 Å². The minimum atomic E-state index is 0.179. The summed E-state index contributed by atoms with van der Waals surface area (Å²) in [6.45, 7) is 8.56. The van der Waals surface area contributed by atoms with E-state index in [2.05, 4.69) is 34.1 Å². The molecule has 0 N–H and O–H groups in total. The van der Waals surface area contributed by atoms with Gasteiger partial charge >= 0.3 is 0 Å². The Bertz CT molecular complexity index is 2150. The molecular weight excluding hydrogens is 596 g/mol. The predicted octanol–water partition coefficient (Wildman–Crippen LogP) is 6.92. The van der Waals surface area contributed by atoms with Crippen LogP contribution in [0.25, 0.3) is 43.6 Å². The van der Waals surface area contributed by atoms with Crippen LogP contribution in [0.3, 0.4) is 0 Å². The zero-order valence-corrected chi connectivity index (χ0v) is 26.2. The number of aromatic nitrogens is 2. The molecule has 10 rings (SSSR count). The molecule has 4 aromatic carbocycles. The molecular formula is C37H32N4O6. The first kappa shape index (κ1) is 27.1. The maximum Gasteiger partial charge on any atom is 0.189 e. The van der Waals surface area contributed by atoms with Crippen LogP contribution in [-0.2, 0) is 35.8 Å². The molecule has 6 heterocycles. The maximum absolute atomic E-state index is 6.27. The van der Waals surface area contributed by atoms with Gasteiger partial charge in [0.05, 0.1) is 65.9 Å². The summed E-state index contributed by atoms with van der Waals surface area (Å²) in [6, 6.07) is 16.8. The van der Waals surface area contributed by atoms with Gasteiger partial charge in [0.15, 0.2) is 13.6 Å². The standard InChI is InChI=1S/C37H32N4O6/c1-3-44-30-11-7-26-32-24(30)15-42-18-46-36(32)20-5-9-28-22(34(20)38-26)13-40-17-41(28)14-23-29(40)10-6-21-35(23)39-27-8-12-31(45-4-2)25-16-43-19-47-37(21)33(25)27/h5-12H,3-4,13-19H2,1-2H3. The summed E-state index contributed by atoms with van der Waals surface area (Å²) in [4.78, 5) is 15.4. The summed E-state index contributed by atoms with van der Waals surface area (Å²) < 4.78 is 36.2. The van der Waals surface area contributed by atoms with Crippen LogP contribution in [0.5, 0.6) is 23.0 Å². The molecule has 236 valence electrons. The number of ether oxygens (including phenoxy) is 6. The lowest BCUT2D eigenvalue weighted by molar-refractivity contribution is 0.0107. The van der Waals surface area contributed by atoms with E-state index in [1.807, 2.05) is 38.1 Å². The highest BCUT2D eigenvalue weighted by atomic mass is 16.7. The number of hydrogen-bond donors (Lipinski definition) is 0. The van der Waals surface area contributed by atoms with Crippen molar-refractivity contribution in [3.63, 3.8) is 0 Å². The van der Waals surface area contributed by atoms with Crippen LogP contribution in [0, 0.1) is 0 Å². The van der Waals surface area contributed by atoms with Gasteiger partial charge in [0.25, 0.3) is 0 Å². The quantitative estimate of drug-likeness (QED) is 0.192. The van der Waals surface area contributed by atoms with Gasteiger partial charge in [-0.25, -0.2) is 9.97 Å². The molecule has 0 spiro atoms. The second kappa shape index (κ2) is 10.2. The lowest BCUT2D eigenvalue weighted by atomic mass is 9.95. The van der Waals surface area contributed by atoms with E-state index in [1.54, 1.807) is 0 Å². The number of anilines is 2. The summed E-state index contributed by atoms with van der Waals surface area (Å²) in [6.07, 6.45) is 0. The van der Waals surface area contributed by atoms with Crippen molar-refractivity contribution >= 4 is 55.0 Å². The van der Waals surface area contributed by atoms with Crippen LogP contribution in [0.15, 0.2) is 48.5 Å². The SMILES string of the molecule is CCOc1ccc2nc3c4c(ccc3c3c2c1COCO3)N1Cc2c(ccc3c5c6c(c(OCC)ccc6nc23)COCO5)N(C4)C1. The number of fused-ring (bicyclic) bond motifs is 12. The average Bonchev–Trinajstić information content (AvgIpc) is 3.47. The van der Waals surface area contributed by atoms with Gasteiger partial charge in [-0.05, 0) is 62.4 Å². The van der Waals surface area contributed by atoms with E-state index in [0.717, 1.165) is 84.4 Å². The first-order valence-electron chi connectivity index (χ1n) is 16.2. The third-order valence-electron chi connectivity index (χ3n) is 9.81. The van der Waals surface area contributed by atoms with Gasteiger partial charge in [0.1, 0.15) is 23.0 Å². The van der Waals surface area contributed by atoms with E-state index < -0.39 is 0 Å². The first-order chi connectivity index (χ1) is 23.2. The topological polar surface area (TPSA) is 87.6 Å². The van der Waals surface area contributed by atoms with Crippen LogP contribution in [0.1, 0.15) is 36.1 Å². The number of benzene rings is 4. The number of pyridine rings is 2. The Morgan fingerprint density at radius 3 is 1.57 bits per heavy atom. The van der Waals surface area contributed by atoms with Crippen LogP contribution in [0.4, 0.5) is 11.4 Å². The molecule has 0 aliphatic carbocycles. The summed E-state index contributed by atoms with van der Waals surface area (Å²) in [7, 11) is 0. The minimum Gasteiger partial charge on any atom is -0.493 e. The van der Waals surface area contributed by atoms with Crippen molar-refractivity contribution in [3.8, 4) is 23.0 Å². The van der Waals surface area contributed by atoms with E-state index in [0.29, 0.717) is 39.5 Å². The summed E-state index contributed by atoms with van der Waals surface area (Å²) in [5.74, 6) is 3.25. The average molecular weight is 629 g/mol. The lowest BCUT2D eigenvalue weighted by Gasteiger charge is -2.45. The van der Waals surface area contributed by atoms with Crippen molar-refractivity contribution < 1.29 is 28.4 Å². The third kappa shape index (κ3) is 3.85. The van der Waals surface area contributed by atoms with Crippen molar-refractivity contribution in [2.75, 3.05) is 43.3 Å². The molecule has 0 atom stereocenters. The number of hydrogen-bond acceptors (Lipinski definition) is 10. The molecule has 10 nitrogen and oxygen atoms in total. The molecule has 0 saturated carbocycles. The van der Waals surface area contributed by atoms with Crippen molar-refractivity contribution in [1.29, 1.82) is 0 Å². The molecule has 0 saturated heterocycles. The van der Waals surface area contributed by atoms with Crippen LogP contribution < -0.4 is 28.7 Å². The first-order valence-corrected chi connectivity index (χ1v) is 16.2. The van der Waals surface area contributed by atoms with Gasteiger partial charge in [-0.1, -0.05) is 0 Å². The zero-order valence-electron chi connectivity index (χ0n) is 26.2. The number of nitrogens with zero attached hydrogens (tertiary/aromatic N) is 4. The molecule has 4 aliphatic rings. The smallest absolute Gasteiger partial charge is 0.189 e. The highest BCUT2D eigenvalue weighted by Crippen LogP contribution is 2.48. The predicted molar refractivity (Wildman–Crippen MR) is 179 cm³/mol. The monoisotopic (exact) mass is 628 g/mol. The molecule has 0 radical (unpaired) electrons. The maximum atomic E-state index is 6.27. The van der Waals surface area contributed by atoms with E-state index in [-0.39, 0.29) is 13.6 Å². The Morgan fingerprint density at radius 1 is 0.617 bits per heavy atom. The Kier molecular flexibility index (Phi) is 5.89. The van der Waals surface area contributed by atoms with E-state index >= 15 is 0 Å². The van der Waals surface area contributed by atoms with E-state index in [9.17, 15) is 0 Å². The summed E-state index contributed by atoms with van der Waals surface area (Å²) in [5.41, 5.74) is 10.4. The normalized spacial score (nSPS) is 16.4. The fourth-order valence-corrected chi connectivity index (χ4v) is 7.88. The second-order valence-corrected chi connectivity index (χ2v) is 12.3. The molecule has 6 aromatic rings. The lowest BCUT2D eigenvalue weighted by Crippen LogP contribution is -2.46. The molecule has 0 unspecified atom stereocenters. The Labute approximate surface area is 270 Å². The molecule has 2 bridgehead atoms. The number of rotatable bonds is 4. The largest absolute Gasteiger partial charge is 0.493 e.